The second kappa shape index (κ2) is 9.38. The molecule has 11 heteroatoms. The number of hydrogen-bond acceptors (Lipinski definition) is 8. The summed E-state index contributed by atoms with van der Waals surface area (Å²) < 4.78 is 3.60. The number of aryl methyl sites for hydroxylation is 2. The van der Waals surface area contributed by atoms with Crippen molar-refractivity contribution in [3.8, 4) is 22.9 Å². The van der Waals surface area contributed by atoms with Gasteiger partial charge in [0.2, 0.25) is 0 Å². The summed E-state index contributed by atoms with van der Waals surface area (Å²) in [5, 5.41) is 7.40. The molecule has 0 saturated carbocycles. The van der Waals surface area contributed by atoms with E-state index in [1.54, 1.807) is 29.5 Å². The van der Waals surface area contributed by atoms with Gasteiger partial charge in [0.15, 0.2) is 17.3 Å². The fraction of sp³-hybridized carbons (Fsp3) is 0.138. The van der Waals surface area contributed by atoms with Crippen LogP contribution in [-0.4, -0.2) is 45.2 Å². The third-order valence-corrected chi connectivity index (χ3v) is 7.16. The van der Waals surface area contributed by atoms with Crippen LogP contribution in [0.5, 0.6) is 0 Å². The lowest BCUT2D eigenvalue weighted by Gasteiger charge is -2.16. The van der Waals surface area contributed by atoms with E-state index >= 15 is 0 Å². The van der Waals surface area contributed by atoms with Crippen LogP contribution in [0.15, 0.2) is 79.6 Å². The number of imidazole rings is 1. The number of nitrogens with zero attached hydrogens (tertiary/aromatic N) is 8. The first-order valence-corrected chi connectivity index (χ1v) is 12.9. The number of aromatic nitrogens is 8. The summed E-state index contributed by atoms with van der Waals surface area (Å²) in [4.78, 5) is 35.3. The van der Waals surface area contributed by atoms with Crippen LogP contribution in [0.4, 0.5) is 5.82 Å². The Labute approximate surface area is 228 Å². The maximum atomic E-state index is 12.9. The first-order chi connectivity index (χ1) is 19.5. The van der Waals surface area contributed by atoms with E-state index in [0.717, 1.165) is 35.3 Å². The molecule has 0 aliphatic heterocycles. The van der Waals surface area contributed by atoms with Gasteiger partial charge in [0.25, 0.3) is 5.91 Å². The van der Waals surface area contributed by atoms with E-state index in [-0.39, 0.29) is 11.9 Å². The number of carbonyl (C=O) groups excluding carboxylic acids is 1. The Morgan fingerprint density at radius 3 is 2.80 bits per heavy atom. The van der Waals surface area contributed by atoms with Gasteiger partial charge >= 0.3 is 0 Å². The first-order valence-electron chi connectivity index (χ1n) is 12.9. The Bertz CT molecular complexity index is 1880. The fourth-order valence-corrected chi connectivity index (χ4v) is 5.17. The molecule has 1 aliphatic rings. The Morgan fingerprint density at radius 1 is 1.07 bits per heavy atom. The molecule has 0 radical (unpaired) electrons. The fourth-order valence-electron chi connectivity index (χ4n) is 5.17. The van der Waals surface area contributed by atoms with Gasteiger partial charge in [-0.15, -0.1) is 0 Å². The van der Waals surface area contributed by atoms with Gasteiger partial charge in [-0.2, -0.15) is 5.10 Å². The van der Waals surface area contributed by atoms with Gasteiger partial charge in [0, 0.05) is 23.8 Å². The predicted molar refractivity (Wildman–Crippen MR) is 149 cm³/mol. The summed E-state index contributed by atoms with van der Waals surface area (Å²) in [5.41, 5.74) is 12.9. The molecule has 0 unspecified atom stereocenters. The molecule has 40 heavy (non-hydrogen) atoms. The second-order valence-electron chi connectivity index (χ2n) is 9.70. The summed E-state index contributed by atoms with van der Waals surface area (Å²) in [6.45, 7) is 1.90. The van der Waals surface area contributed by atoms with Crippen LogP contribution in [0, 0.1) is 6.92 Å². The molecule has 196 valence electrons. The minimum Gasteiger partial charge on any atom is -0.383 e. The van der Waals surface area contributed by atoms with Crippen LogP contribution in [-0.2, 0) is 6.42 Å². The summed E-state index contributed by atoms with van der Waals surface area (Å²) >= 11 is 0. The van der Waals surface area contributed by atoms with Gasteiger partial charge in [-0.05, 0) is 79.4 Å². The van der Waals surface area contributed by atoms with Crippen molar-refractivity contribution < 1.29 is 4.79 Å². The molecule has 7 rings (SSSR count). The van der Waals surface area contributed by atoms with Crippen molar-refractivity contribution in [3.05, 3.63) is 102 Å². The maximum Gasteiger partial charge on any atom is 0.253 e. The van der Waals surface area contributed by atoms with Gasteiger partial charge in [-0.1, -0.05) is 6.07 Å². The van der Waals surface area contributed by atoms with Crippen LogP contribution < -0.4 is 11.1 Å². The van der Waals surface area contributed by atoms with Crippen molar-refractivity contribution in [1.82, 2.24) is 44.6 Å². The number of nitrogen functional groups attached to an aromatic ring is 1. The first kappa shape index (κ1) is 23.7. The SMILES string of the molecule is Cc1ccc(C(=O)N[C@H]2CCc3cc(-n4c(-c5cccnc5N)nc5ccc(-n6cncn6)nc54)ccc32)cn1. The minimum absolute atomic E-state index is 0.0807. The number of fused-ring (bicyclic) bond motifs is 2. The zero-order chi connectivity index (χ0) is 27.2. The van der Waals surface area contributed by atoms with Crippen LogP contribution >= 0.6 is 0 Å². The molecule has 3 N–H and O–H groups in total. The molecule has 1 aromatic carbocycles. The monoisotopic (exact) mass is 528 g/mol. The molecule has 0 bridgehead atoms. The van der Waals surface area contributed by atoms with Crippen LogP contribution in [0.3, 0.4) is 0 Å². The van der Waals surface area contributed by atoms with Gasteiger partial charge in [-0.25, -0.2) is 24.6 Å². The predicted octanol–water partition coefficient (Wildman–Crippen LogP) is 3.77. The van der Waals surface area contributed by atoms with Crippen molar-refractivity contribution in [3.63, 3.8) is 0 Å². The molecule has 1 amide bonds. The Morgan fingerprint density at radius 2 is 2.00 bits per heavy atom. The average Bonchev–Trinajstić information content (AvgIpc) is 3.72. The summed E-state index contributed by atoms with van der Waals surface area (Å²) in [6.07, 6.45) is 7.98. The van der Waals surface area contributed by atoms with Gasteiger partial charge in [-0.3, -0.25) is 14.3 Å². The number of rotatable bonds is 5. The lowest BCUT2D eigenvalue weighted by molar-refractivity contribution is 0.0936. The summed E-state index contributed by atoms with van der Waals surface area (Å²) in [7, 11) is 0. The van der Waals surface area contributed by atoms with E-state index in [1.165, 1.54) is 6.33 Å². The third-order valence-electron chi connectivity index (χ3n) is 7.16. The summed E-state index contributed by atoms with van der Waals surface area (Å²) in [6, 6.07) is 17.3. The molecule has 0 saturated heterocycles. The van der Waals surface area contributed by atoms with Gasteiger partial charge < -0.3 is 11.1 Å². The highest BCUT2D eigenvalue weighted by atomic mass is 16.1. The van der Waals surface area contributed by atoms with E-state index in [9.17, 15) is 4.79 Å². The van der Waals surface area contributed by atoms with Gasteiger partial charge in [0.05, 0.1) is 17.2 Å². The highest BCUT2D eigenvalue weighted by molar-refractivity contribution is 5.94. The van der Waals surface area contributed by atoms with Crippen molar-refractivity contribution in [1.29, 1.82) is 0 Å². The van der Waals surface area contributed by atoms with Crippen LogP contribution in [0.1, 0.15) is 39.6 Å². The van der Waals surface area contributed by atoms with E-state index in [1.807, 2.05) is 47.9 Å². The molecule has 1 aliphatic carbocycles. The number of amides is 1. The lowest BCUT2D eigenvalue weighted by atomic mass is 10.1. The van der Waals surface area contributed by atoms with Crippen molar-refractivity contribution in [2.75, 3.05) is 5.73 Å². The molecular weight excluding hydrogens is 504 g/mol. The maximum absolute atomic E-state index is 12.9. The number of hydrogen-bond donors (Lipinski definition) is 2. The van der Waals surface area contributed by atoms with E-state index in [4.69, 9.17) is 15.7 Å². The second-order valence-corrected chi connectivity index (χ2v) is 9.70. The van der Waals surface area contributed by atoms with E-state index in [0.29, 0.717) is 39.8 Å². The molecule has 11 nitrogen and oxygen atoms in total. The molecular formula is C29H24N10O. The number of nitrogens with one attached hydrogen (secondary N) is 1. The smallest absolute Gasteiger partial charge is 0.253 e. The van der Waals surface area contributed by atoms with Crippen LogP contribution in [0.2, 0.25) is 0 Å². The standard InChI is InChI=1S/C29H24N10O/c1-17-4-5-19(14-33-17)29(40)36-23-9-6-18-13-20(7-8-21(18)23)39-27(22-3-2-12-32-26(22)30)35-24-10-11-25(37-28(24)39)38-16-31-15-34-38/h2-5,7-8,10-16,23H,6,9H2,1H3,(H2,30,32)(H,36,40)/t23-/m0/s1. The van der Waals surface area contributed by atoms with Crippen molar-refractivity contribution in [2.45, 2.75) is 25.8 Å². The average molecular weight is 529 g/mol. The quantitative estimate of drug-likeness (QED) is 0.344. The summed E-state index contributed by atoms with van der Waals surface area (Å²) in [5.74, 6) is 1.50. The van der Waals surface area contributed by atoms with Crippen molar-refractivity contribution >= 4 is 22.9 Å². The largest absolute Gasteiger partial charge is 0.383 e. The molecule has 5 aromatic heterocycles. The number of benzene rings is 1. The van der Waals surface area contributed by atoms with E-state index < -0.39 is 0 Å². The molecule has 5 heterocycles. The van der Waals surface area contributed by atoms with Crippen LogP contribution in [0.25, 0.3) is 34.1 Å². The molecule has 0 fully saturated rings. The lowest BCUT2D eigenvalue weighted by Crippen LogP contribution is -2.27. The Balaban J connectivity index is 1.31. The molecule has 6 aromatic rings. The van der Waals surface area contributed by atoms with Crippen molar-refractivity contribution in [2.24, 2.45) is 0 Å². The highest BCUT2D eigenvalue weighted by Crippen LogP contribution is 2.36. The zero-order valence-corrected chi connectivity index (χ0v) is 21.6. The number of anilines is 1. The Kier molecular flexibility index (Phi) is 5.55. The van der Waals surface area contributed by atoms with Gasteiger partial charge in [0.1, 0.15) is 24.0 Å². The normalized spacial score (nSPS) is 14.4. The molecule has 1 atom stereocenters. The number of pyridine rings is 3. The third kappa shape index (κ3) is 4.04. The molecule has 0 spiro atoms. The number of nitrogens with two attached hydrogens (primary N) is 1. The zero-order valence-electron chi connectivity index (χ0n) is 21.6. The van der Waals surface area contributed by atoms with E-state index in [2.05, 4.69) is 37.5 Å². The highest BCUT2D eigenvalue weighted by Gasteiger charge is 2.26. The number of carbonyl (C=O) groups is 1. The minimum atomic E-state index is -0.130. The Hall–Kier alpha value is -5.45. The topological polar surface area (TPSA) is 142 Å².